The first-order valence-corrected chi connectivity index (χ1v) is 8.51. The molecule has 0 aliphatic rings. The van der Waals surface area contributed by atoms with E-state index in [1.54, 1.807) is 13.8 Å². The Labute approximate surface area is 129 Å². The summed E-state index contributed by atoms with van der Waals surface area (Å²) >= 11 is 0. The maximum absolute atomic E-state index is 11.7. The summed E-state index contributed by atoms with van der Waals surface area (Å²) in [4.78, 5) is 22.7. The summed E-state index contributed by atoms with van der Waals surface area (Å²) < 4.78 is 0. The molecule has 0 aliphatic heterocycles. The van der Waals surface area contributed by atoms with Crippen molar-refractivity contribution in [1.29, 1.82) is 0 Å². The molecule has 4 heteroatoms. The maximum Gasteiger partial charge on any atom is 0.326 e. The van der Waals surface area contributed by atoms with Crippen LogP contribution in [0.15, 0.2) is 0 Å². The number of carboxylic acid groups (broad SMARTS) is 1. The highest BCUT2D eigenvalue weighted by atomic mass is 16.4. The quantitative estimate of drug-likeness (QED) is 0.502. The molecule has 0 saturated carbocycles. The highest BCUT2D eigenvalue weighted by molar-refractivity contribution is 5.83. The van der Waals surface area contributed by atoms with Crippen LogP contribution in [0.4, 0.5) is 0 Å². The van der Waals surface area contributed by atoms with Crippen LogP contribution in [-0.2, 0) is 9.59 Å². The predicted molar refractivity (Wildman–Crippen MR) is 86.2 cm³/mol. The molecule has 4 nitrogen and oxygen atoms in total. The Kier molecular flexibility index (Phi) is 12.0. The average molecular weight is 299 g/mol. The van der Waals surface area contributed by atoms with Gasteiger partial charge in [0.1, 0.15) is 6.04 Å². The van der Waals surface area contributed by atoms with E-state index in [0.717, 1.165) is 12.8 Å². The molecule has 0 fully saturated rings. The third kappa shape index (κ3) is 11.3. The van der Waals surface area contributed by atoms with E-state index < -0.39 is 12.0 Å². The van der Waals surface area contributed by atoms with Gasteiger partial charge >= 0.3 is 5.97 Å². The van der Waals surface area contributed by atoms with Gasteiger partial charge in [-0.2, -0.15) is 0 Å². The number of hydrogen-bond acceptors (Lipinski definition) is 2. The standard InChI is InChI=1S/C17H33NO3/c1-4-5-6-7-8-9-10-11-12-13-15(19)18-16(14(2)3)17(20)21/h14,16H,4-13H2,1-3H3,(H,18,19)(H,20,21). The van der Waals surface area contributed by atoms with Crippen LogP contribution >= 0.6 is 0 Å². The maximum atomic E-state index is 11.7. The normalized spacial score (nSPS) is 12.4. The van der Waals surface area contributed by atoms with E-state index in [1.807, 2.05) is 0 Å². The summed E-state index contributed by atoms with van der Waals surface area (Å²) in [5.74, 6) is -1.18. The van der Waals surface area contributed by atoms with Crippen LogP contribution in [0.2, 0.25) is 0 Å². The van der Waals surface area contributed by atoms with E-state index in [9.17, 15) is 9.59 Å². The molecule has 1 atom stereocenters. The molecule has 21 heavy (non-hydrogen) atoms. The van der Waals surface area contributed by atoms with Gasteiger partial charge in [-0.05, 0) is 12.3 Å². The highest BCUT2D eigenvalue weighted by Gasteiger charge is 2.22. The summed E-state index contributed by atoms with van der Waals surface area (Å²) in [5, 5.41) is 11.6. The molecule has 0 aromatic carbocycles. The molecule has 0 heterocycles. The zero-order chi connectivity index (χ0) is 16.1. The Morgan fingerprint density at radius 1 is 0.905 bits per heavy atom. The van der Waals surface area contributed by atoms with Gasteiger partial charge in [-0.15, -0.1) is 0 Å². The van der Waals surface area contributed by atoms with Gasteiger partial charge in [-0.3, -0.25) is 4.79 Å². The third-order valence-electron chi connectivity index (χ3n) is 3.76. The van der Waals surface area contributed by atoms with Crippen LogP contribution in [0.5, 0.6) is 0 Å². The largest absolute Gasteiger partial charge is 0.480 e. The molecule has 0 aliphatic carbocycles. The lowest BCUT2D eigenvalue weighted by molar-refractivity contribution is -0.143. The van der Waals surface area contributed by atoms with Gasteiger partial charge in [0.05, 0.1) is 0 Å². The van der Waals surface area contributed by atoms with Crippen molar-refractivity contribution in [1.82, 2.24) is 5.32 Å². The lowest BCUT2D eigenvalue weighted by Crippen LogP contribution is -2.44. The molecule has 1 unspecified atom stereocenters. The molecule has 2 N–H and O–H groups in total. The van der Waals surface area contributed by atoms with Gasteiger partial charge in [0, 0.05) is 6.42 Å². The molecular formula is C17H33NO3. The Hall–Kier alpha value is -1.06. The van der Waals surface area contributed by atoms with Crippen molar-refractivity contribution < 1.29 is 14.7 Å². The van der Waals surface area contributed by atoms with E-state index in [0.29, 0.717) is 6.42 Å². The van der Waals surface area contributed by atoms with Gasteiger partial charge in [-0.25, -0.2) is 4.79 Å². The fourth-order valence-electron chi connectivity index (χ4n) is 2.36. The topological polar surface area (TPSA) is 66.4 Å². The second kappa shape index (κ2) is 12.7. The van der Waals surface area contributed by atoms with Gasteiger partial charge in [0.2, 0.25) is 5.91 Å². The molecule has 0 saturated heterocycles. The Morgan fingerprint density at radius 2 is 1.38 bits per heavy atom. The van der Waals surface area contributed by atoms with Crippen LogP contribution in [0.1, 0.15) is 85.0 Å². The first-order chi connectivity index (χ1) is 9.99. The van der Waals surface area contributed by atoms with E-state index in [1.165, 1.54) is 44.9 Å². The third-order valence-corrected chi connectivity index (χ3v) is 3.76. The van der Waals surface area contributed by atoms with Gasteiger partial charge in [0.15, 0.2) is 0 Å². The van der Waals surface area contributed by atoms with Crippen molar-refractivity contribution in [2.24, 2.45) is 5.92 Å². The minimum absolute atomic E-state index is 0.0884. The van der Waals surface area contributed by atoms with Crippen molar-refractivity contribution in [2.45, 2.75) is 91.0 Å². The Morgan fingerprint density at radius 3 is 1.81 bits per heavy atom. The van der Waals surface area contributed by atoms with E-state index in [-0.39, 0.29) is 11.8 Å². The van der Waals surface area contributed by atoms with Crippen molar-refractivity contribution in [3.63, 3.8) is 0 Å². The van der Waals surface area contributed by atoms with Crippen molar-refractivity contribution in [3.05, 3.63) is 0 Å². The van der Waals surface area contributed by atoms with Crippen LogP contribution in [-0.4, -0.2) is 23.0 Å². The summed E-state index contributed by atoms with van der Waals surface area (Å²) in [6.45, 7) is 5.83. The molecular weight excluding hydrogens is 266 g/mol. The zero-order valence-corrected chi connectivity index (χ0v) is 14.0. The summed E-state index contributed by atoms with van der Waals surface area (Å²) in [7, 11) is 0. The van der Waals surface area contributed by atoms with Crippen LogP contribution < -0.4 is 5.32 Å². The lowest BCUT2D eigenvalue weighted by atomic mass is 10.0. The Bertz CT molecular complexity index is 290. The molecule has 1 amide bonds. The van der Waals surface area contributed by atoms with Crippen LogP contribution in [0.25, 0.3) is 0 Å². The molecule has 0 radical (unpaired) electrons. The van der Waals surface area contributed by atoms with Gasteiger partial charge in [0.25, 0.3) is 0 Å². The highest BCUT2D eigenvalue weighted by Crippen LogP contribution is 2.10. The minimum atomic E-state index is -0.953. The number of rotatable bonds is 13. The second-order valence-corrected chi connectivity index (χ2v) is 6.21. The van der Waals surface area contributed by atoms with Crippen molar-refractivity contribution >= 4 is 11.9 Å². The van der Waals surface area contributed by atoms with Crippen LogP contribution in [0.3, 0.4) is 0 Å². The second-order valence-electron chi connectivity index (χ2n) is 6.21. The molecule has 0 rings (SSSR count). The Balaban J connectivity index is 3.55. The fraction of sp³-hybridized carbons (Fsp3) is 0.882. The van der Waals surface area contributed by atoms with Gasteiger partial charge < -0.3 is 10.4 Å². The average Bonchev–Trinajstić information content (AvgIpc) is 2.42. The molecule has 0 aromatic heterocycles. The van der Waals surface area contributed by atoms with E-state index in [2.05, 4.69) is 12.2 Å². The zero-order valence-electron chi connectivity index (χ0n) is 14.0. The van der Waals surface area contributed by atoms with Crippen LogP contribution in [0, 0.1) is 5.92 Å². The molecule has 0 spiro atoms. The number of amides is 1. The summed E-state index contributed by atoms with van der Waals surface area (Å²) in [6, 6.07) is -0.768. The number of hydrogen-bond donors (Lipinski definition) is 2. The van der Waals surface area contributed by atoms with E-state index >= 15 is 0 Å². The number of aliphatic carboxylic acids is 1. The van der Waals surface area contributed by atoms with E-state index in [4.69, 9.17) is 5.11 Å². The molecule has 124 valence electrons. The summed E-state index contributed by atoms with van der Waals surface area (Å²) in [6.07, 6.45) is 11.3. The predicted octanol–water partition coefficient (Wildman–Crippen LogP) is 4.13. The molecule has 0 bridgehead atoms. The summed E-state index contributed by atoms with van der Waals surface area (Å²) in [5.41, 5.74) is 0. The number of carboxylic acids is 1. The van der Waals surface area contributed by atoms with Crippen molar-refractivity contribution in [2.75, 3.05) is 0 Å². The smallest absolute Gasteiger partial charge is 0.326 e. The number of carbonyl (C=O) groups is 2. The number of unbranched alkanes of at least 4 members (excludes halogenated alkanes) is 8. The monoisotopic (exact) mass is 299 g/mol. The fourth-order valence-corrected chi connectivity index (χ4v) is 2.36. The number of carbonyl (C=O) groups excluding carboxylic acids is 1. The first-order valence-electron chi connectivity index (χ1n) is 8.51. The van der Waals surface area contributed by atoms with Gasteiger partial charge in [-0.1, -0.05) is 72.1 Å². The van der Waals surface area contributed by atoms with Crippen molar-refractivity contribution in [3.8, 4) is 0 Å². The SMILES string of the molecule is CCCCCCCCCCCC(=O)NC(C(=O)O)C(C)C. The minimum Gasteiger partial charge on any atom is -0.480 e. The lowest BCUT2D eigenvalue weighted by Gasteiger charge is -2.17. The first kappa shape index (κ1) is 19.9. The number of nitrogens with one attached hydrogen (secondary N) is 1. The molecule has 0 aromatic rings.